The summed E-state index contributed by atoms with van der Waals surface area (Å²) in [4.78, 5) is 16.5. The molecule has 0 bridgehead atoms. The number of pyridine rings is 1. The molecule has 0 aliphatic heterocycles. The van der Waals surface area contributed by atoms with Crippen molar-refractivity contribution in [3.8, 4) is 5.75 Å². The number of rotatable bonds is 8. The third-order valence-electron chi connectivity index (χ3n) is 4.12. The first-order valence-electron chi connectivity index (χ1n) is 9.14. The van der Waals surface area contributed by atoms with E-state index in [0.29, 0.717) is 28.6 Å². The largest absolute Gasteiger partial charge is 0.479 e. The Hall–Kier alpha value is -3.10. The number of carbonyl (C=O) groups excluding carboxylic acids is 1. The van der Waals surface area contributed by atoms with E-state index in [0.717, 1.165) is 0 Å². The summed E-state index contributed by atoms with van der Waals surface area (Å²) in [6, 6.07) is 16.0. The molecule has 0 saturated carbocycles. The third kappa shape index (κ3) is 5.49. The van der Waals surface area contributed by atoms with Crippen LogP contribution in [0.5, 0.6) is 5.75 Å². The summed E-state index contributed by atoms with van der Waals surface area (Å²) < 4.78 is 33.1. The molecule has 0 aliphatic carbocycles. The number of aromatic nitrogens is 1. The van der Waals surface area contributed by atoms with E-state index in [1.165, 1.54) is 30.5 Å². The molecule has 0 spiro atoms. The predicted octanol–water partition coefficient (Wildman–Crippen LogP) is 4.33. The average molecular weight is 446 g/mol. The van der Waals surface area contributed by atoms with Crippen LogP contribution in [-0.2, 0) is 14.8 Å². The molecule has 1 unspecified atom stereocenters. The molecule has 1 amide bonds. The summed E-state index contributed by atoms with van der Waals surface area (Å²) in [6.45, 7) is 1.82. The van der Waals surface area contributed by atoms with Crippen molar-refractivity contribution in [2.24, 2.45) is 0 Å². The maximum atomic E-state index is 12.6. The van der Waals surface area contributed by atoms with Crippen LogP contribution in [0.15, 0.2) is 78.0 Å². The summed E-state index contributed by atoms with van der Waals surface area (Å²) in [5, 5.41) is 3.14. The van der Waals surface area contributed by atoms with Crippen molar-refractivity contribution >= 4 is 38.9 Å². The number of para-hydroxylation sites is 1. The van der Waals surface area contributed by atoms with Crippen LogP contribution in [0.2, 0.25) is 5.02 Å². The van der Waals surface area contributed by atoms with Crippen LogP contribution < -0.4 is 14.8 Å². The fourth-order valence-corrected chi connectivity index (χ4v) is 3.82. The Labute approximate surface area is 180 Å². The fourth-order valence-electron chi connectivity index (χ4n) is 2.59. The Morgan fingerprint density at radius 1 is 1.07 bits per heavy atom. The van der Waals surface area contributed by atoms with Crippen molar-refractivity contribution in [3.05, 3.63) is 78.1 Å². The SMILES string of the molecule is CCC(Oc1ccccc1Cl)C(=O)Nc1ccc(S(=O)(=O)Nc2cccnc2)cc1. The molecule has 9 heteroatoms. The van der Waals surface area contributed by atoms with Crippen molar-refractivity contribution in [1.82, 2.24) is 4.98 Å². The molecule has 0 radical (unpaired) electrons. The highest BCUT2D eigenvalue weighted by molar-refractivity contribution is 7.92. The highest BCUT2D eigenvalue weighted by Gasteiger charge is 2.20. The van der Waals surface area contributed by atoms with Gasteiger partial charge in [-0.2, -0.15) is 0 Å². The molecule has 3 aromatic rings. The van der Waals surface area contributed by atoms with Gasteiger partial charge in [0.2, 0.25) is 0 Å². The van der Waals surface area contributed by atoms with Gasteiger partial charge in [-0.05, 0) is 55.0 Å². The van der Waals surface area contributed by atoms with Crippen molar-refractivity contribution in [3.63, 3.8) is 0 Å². The molecule has 1 aromatic heterocycles. The van der Waals surface area contributed by atoms with Gasteiger partial charge in [0.05, 0.1) is 21.8 Å². The van der Waals surface area contributed by atoms with E-state index < -0.39 is 16.1 Å². The highest BCUT2D eigenvalue weighted by Crippen LogP contribution is 2.25. The molecule has 2 aromatic carbocycles. The number of hydrogen-bond acceptors (Lipinski definition) is 5. The predicted molar refractivity (Wildman–Crippen MR) is 116 cm³/mol. The van der Waals surface area contributed by atoms with Gasteiger partial charge in [0.1, 0.15) is 5.75 Å². The first-order valence-corrected chi connectivity index (χ1v) is 11.0. The molecule has 2 N–H and O–H groups in total. The molecule has 0 saturated heterocycles. The number of carbonyl (C=O) groups is 1. The molecule has 7 nitrogen and oxygen atoms in total. The Morgan fingerprint density at radius 2 is 1.80 bits per heavy atom. The van der Waals surface area contributed by atoms with Crippen LogP contribution in [-0.4, -0.2) is 25.4 Å². The zero-order valence-electron chi connectivity index (χ0n) is 16.1. The molecule has 1 heterocycles. The molecular formula is C21H20ClN3O4S. The number of benzene rings is 2. The smallest absolute Gasteiger partial charge is 0.265 e. The van der Waals surface area contributed by atoms with Crippen LogP contribution >= 0.6 is 11.6 Å². The van der Waals surface area contributed by atoms with E-state index in [2.05, 4.69) is 15.0 Å². The Balaban J connectivity index is 1.67. The molecule has 0 aliphatic rings. The molecular weight excluding hydrogens is 426 g/mol. The van der Waals surface area contributed by atoms with E-state index in [1.54, 1.807) is 42.6 Å². The maximum Gasteiger partial charge on any atom is 0.265 e. The van der Waals surface area contributed by atoms with Crippen molar-refractivity contribution in [2.75, 3.05) is 10.0 Å². The van der Waals surface area contributed by atoms with Gasteiger partial charge in [0.15, 0.2) is 6.10 Å². The number of ether oxygens (including phenoxy) is 1. The van der Waals surface area contributed by atoms with E-state index in [-0.39, 0.29) is 10.8 Å². The van der Waals surface area contributed by atoms with Crippen LogP contribution in [0.25, 0.3) is 0 Å². The summed E-state index contributed by atoms with van der Waals surface area (Å²) in [7, 11) is -3.77. The molecule has 3 rings (SSSR count). The number of nitrogens with zero attached hydrogens (tertiary/aromatic N) is 1. The normalized spacial score (nSPS) is 12.1. The zero-order chi connectivity index (χ0) is 21.6. The van der Waals surface area contributed by atoms with Crippen LogP contribution in [0.3, 0.4) is 0 Å². The Bertz CT molecular complexity index is 1110. The van der Waals surface area contributed by atoms with Crippen molar-refractivity contribution in [1.29, 1.82) is 0 Å². The van der Waals surface area contributed by atoms with Gasteiger partial charge in [0.25, 0.3) is 15.9 Å². The van der Waals surface area contributed by atoms with E-state index in [9.17, 15) is 13.2 Å². The minimum Gasteiger partial charge on any atom is -0.479 e. The monoisotopic (exact) mass is 445 g/mol. The van der Waals surface area contributed by atoms with Crippen LogP contribution in [0.1, 0.15) is 13.3 Å². The van der Waals surface area contributed by atoms with Gasteiger partial charge in [-0.1, -0.05) is 30.7 Å². The first kappa shape index (κ1) is 21.6. The number of amides is 1. The average Bonchev–Trinajstić information content (AvgIpc) is 2.74. The number of halogens is 1. The van der Waals surface area contributed by atoms with Crippen LogP contribution in [0, 0.1) is 0 Å². The number of anilines is 2. The second-order valence-corrected chi connectivity index (χ2v) is 8.40. The van der Waals surface area contributed by atoms with Gasteiger partial charge in [-0.15, -0.1) is 0 Å². The minimum atomic E-state index is -3.77. The van der Waals surface area contributed by atoms with Crippen molar-refractivity contribution < 1.29 is 17.9 Å². The standard InChI is InChI=1S/C21H20ClN3O4S/c1-2-19(29-20-8-4-3-7-18(20)22)21(26)24-15-9-11-17(12-10-15)30(27,28)25-16-6-5-13-23-14-16/h3-14,19,25H,2H2,1H3,(H,24,26). The van der Waals surface area contributed by atoms with Gasteiger partial charge in [-0.3, -0.25) is 14.5 Å². The Kier molecular flexibility index (Phi) is 6.91. The lowest BCUT2D eigenvalue weighted by Crippen LogP contribution is -2.32. The third-order valence-corrected chi connectivity index (χ3v) is 5.82. The topological polar surface area (TPSA) is 97.4 Å². The summed E-state index contributed by atoms with van der Waals surface area (Å²) in [5.41, 5.74) is 0.805. The quantitative estimate of drug-likeness (QED) is 0.537. The molecule has 156 valence electrons. The van der Waals surface area contributed by atoms with Gasteiger partial charge in [-0.25, -0.2) is 8.42 Å². The van der Waals surface area contributed by atoms with E-state index in [1.807, 2.05) is 6.92 Å². The van der Waals surface area contributed by atoms with E-state index in [4.69, 9.17) is 16.3 Å². The fraction of sp³-hybridized carbons (Fsp3) is 0.143. The van der Waals surface area contributed by atoms with Gasteiger partial charge < -0.3 is 10.1 Å². The summed E-state index contributed by atoms with van der Waals surface area (Å²) in [6.07, 6.45) is 2.64. The second-order valence-electron chi connectivity index (χ2n) is 6.31. The zero-order valence-corrected chi connectivity index (χ0v) is 17.7. The summed E-state index contributed by atoms with van der Waals surface area (Å²) >= 11 is 6.08. The number of hydrogen-bond donors (Lipinski definition) is 2. The van der Waals surface area contributed by atoms with Crippen molar-refractivity contribution in [2.45, 2.75) is 24.3 Å². The minimum absolute atomic E-state index is 0.0590. The molecule has 1 atom stereocenters. The lowest BCUT2D eigenvalue weighted by molar-refractivity contribution is -0.122. The lowest BCUT2D eigenvalue weighted by atomic mass is 10.2. The molecule has 30 heavy (non-hydrogen) atoms. The number of sulfonamides is 1. The number of nitrogens with one attached hydrogen (secondary N) is 2. The molecule has 0 fully saturated rings. The van der Waals surface area contributed by atoms with Gasteiger partial charge >= 0.3 is 0 Å². The second kappa shape index (κ2) is 9.60. The summed E-state index contributed by atoms with van der Waals surface area (Å²) in [5.74, 6) is 0.0607. The first-order chi connectivity index (χ1) is 14.4. The van der Waals surface area contributed by atoms with E-state index >= 15 is 0 Å². The highest BCUT2D eigenvalue weighted by atomic mass is 35.5. The Morgan fingerprint density at radius 3 is 2.43 bits per heavy atom. The maximum absolute atomic E-state index is 12.6. The van der Waals surface area contributed by atoms with Crippen LogP contribution in [0.4, 0.5) is 11.4 Å². The lowest BCUT2D eigenvalue weighted by Gasteiger charge is -2.18. The van der Waals surface area contributed by atoms with Gasteiger partial charge in [0, 0.05) is 11.9 Å².